The van der Waals surface area contributed by atoms with Crippen LogP contribution in [0, 0.1) is 5.92 Å². The maximum Gasteiger partial charge on any atom is 0.411 e. The molecule has 26 heavy (non-hydrogen) atoms. The van der Waals surface area contributed by atoms with Gasteiger partial charge in [-0.3, -0.25) is 5.32 Å². The highest BCUT2D eigenvalue weighted by atomic mass is 19.3. The molecule has 1 N–H and O–H groups in total. The van der Waals surface area contributed by atoms with E-state index in [1.165, 1.54) is 18.2 Å². The molecule has 1 saturated carbocycles. The number of rotatable bonds is 8. The second-order valence-electron chi connectivity index (χ2n) is 5.98. The molecule has 0 atom stereocenters. The number of ether oxygens (including phenoxy) is 3. The molecule has 3 rings (SSSR count). The van der Waals surface area contributed by atoms with Gasteiger partial charge < -0.3 is 14.2 Å². The standard InChI is InChI=1S/C19H19F2NO4/c20-18(21)26-16-9-8-15(10-17(16)24-11-14-6-7-14)22-19(23)25-12-13-4-2-1-3-5-13/h1-5,8-10,14,18H,6-7,11-12H2,(H,22,23). The molecular weight excluding hydrogens is 344 g/mol. The van der Waals surface area contributed by atoms with E-state index in [2.05, 4.69) is 10.1 Å². The molecule has 0 spiro atoms. The first-order valence-corrected chi connectivity index (χ1v) is 8.29. The van der Waals surface area contributed by atoms with Crippen LogP contribution in [0.3, 0.4) is 0 Å². The summed E-state index contributed by atoms with van der Waals surface area (Å²) in [6.07, 6.45) is 1.48. The number of alkyl halides is 2. The molecule has 0 aliphatic heterocycles. The highest BCUT2D eigenvalue weighted by Gasteiger charge is 2.23. The van der Waals surface area contributed by atoms with Crippen LogP contribution in [0.1, 0.15) is 18.4 Å². The molecule has 1 fully saturated rings. The predicted octanol–water partition coefficient (Wildman–Crippen LogP) is 4.83. The zero-order valence-electron chi connectivity index (χ0n) is 14.0. The lowest BCUT2D eigenvalue weighted by Gasteiger charge is -2.14. The lowest BCUT2D eigenvalue weighted by molar-refractivity contribution is -0.0515. The molecule has 0 saturated heterocycles. The summed E-state index contributed by atoms with van der Waals surface area (Å²) in [5.41, 5.74) is 1.23. The fourth-order valence-electron chi connectivity index (χ4n) is 2.26. The van der Waals surface area contributed by atoms with Gasteiger partial charge in [0, 0.05) is 11.8 Å². The number of carbonyl (C=O) groups excluding carboxylic acids is 1. The van der Waals surface area contributed by atoms with Crippen molar-refractivity contribution < 1.29 is 27.8 Å². The van der Waals surface area contributed by atoms with E-state index in [0.29, 0.717) is 18.2 Å². The maximum atomic E-state index is 12.5. The van der Waals surface area contributed by atoms with Crippen molar-refractivity contribution >= 4 is 11.8 Å². The molecule has 5 nitrogen and oxygen atoms in total. The minimum atomic E-state index is -2.95. The number of halogens is 2. The van der Waals surface area contributed by atoms with E-state index >= 15 is 0 Å². The number of hydrogen-bond acceptors (Lipinski definition) is 4. The largest absolute Gasteiger partial charge is 0.489 e. The van der Waals surface area contributed by atoms with Crippen LogP contribution in [0.2, 0.25) is 0 Å². The van der Waals surface area contributed by atoms with Crippen LogP contribution < -0.4 is 14.8 Å². The van der Waals surface area contributed by atoms with Gasteiger partial charge in [0.15, 0.2) is 11.5 Å². The number of amides is 1. The normalized spacial score (nSPS) is 13.3. The van der Waals surface area contributed by atoms with Gasteiger partial charge in [0.2, 0.25) is 0 Å². The first-order valence-electron chi connectivity index (χ1n) is 8.29. The van der Waals surface area contributed by atoms with Crippen molar-refractivity contribution in [1.29, 1.82) is 0 Å². The Morgan fingerprint density at radius 2 is 1.88 bits per heavy atom. The summed E-state index contributed by atoms with van der Waals surface area (Å²) in [5, 5.41) is 2.55. The quantitative estimate of drug-likeness (QED) is 0.730. The SMILES string of the molecule is O=C(Nc1ccc(OC(F)F)c(OCC2CC2)c1)OCc1ccccc1. The Bertz CT molecular complexity index is 736. The number of carbonyl (C=O) groups is 1. The van der Waals surface area contributed by atoms with E-state index < -0.39 is 12.7 Å². The van der Waals surface area contributed by atoms with Gasteiger partial charge in [-0.05, 0) is 36.5 Å². The van der Waals surface area contributed by atoms with Gasteiger partial charge in [-0.15, -0.1) is 0 Å². The molecule has 7 heteroatoms. The molecule has 138 valence electrons. The topological polar surface area (TPSA) is 56.8 Å². The molecule has 0 unspecified atom stereocenters. The fraction of sp³-hybridized carbons (Fsp3) is 0.316. The van der Waals surface area contributed by atoms with E-state index in [1.807, 2.05) is 30.3 Å². The minimum Gasteiger partial charge on any atom is -0.489 e. The van der Waals surface area contributed by atoms with Crippen LogP contribution in [0.15, 0.2) is 48.5 Å². The van der Waals surface area contributed by atoms with Gasteiger partial charge in [-0.1, -0.05) is 30.3 Å². The zero-order valence-corrected chi connectivity index (χ0v) is 14.0. The van der Waals surface area contributed by atoms with Gasteiger partial charge in [0.25, 0.3) is 0 Å². The van der Waals surface area contributed by atoms with Gasteiger partial charge in [0.05, 0.1) is 6.61 Å². The summed E-state index contributed by atoms with van der Waals surface area (Å²) >= 11 is 0. The van der Waals surface area contributed by atoms with E-state index in [9.17, 15) is 13.6 Å². The minimum absolute atomic E-state index is 0.0659. The van der Waals surface area contributed by atoms with Crippen LogP contribution >= 0.6 is 0 Å². The van der Waals surface area contributed by atoms with E-state index in [-0.39, 0.29) is 18.1 Å². The van der Waals surface area contributed by atoms with E-state index in [1.54, 1.807) is 0 Å². The summed E-state index contributed by atoms with van der Waals surface area (Å²) < 4.78 is 40.2. The summed E-state index contributed by atoms with van der Waals surface area (Å²) in [4.78, 5) is 11.9. The second kappa shape index (κ2) is 8.51. The summed E-state index contributed by atoms with van der Waals surface area (Å²) in [6, 6.07) is 13.5. The van der Waals surface area contributed by atoms with Crippen LogP contribution in [-0.2, 0) is 11.3 Å². The van der Waals surface area contributed by atoms with Crippen molar-refractivity contribution in [1.82, 2.24) is 0 Å². The van der Waals surface area contributed by atoms with Crippen molar-refractivity contribution in [2.75, 3.05) is 11.9 Å². The van der Waals surface area contributed by atoms with Crippen molar-refractivity contribution in [3.63, 3.8) is 0 Å². The van der Waals surface area contributed by atoms with E-state index in [0.717, 1.165) is 18.4 Å². The average molecular weight is 363 g/mol. The first kappa shape index (κ1) is 18.0. The van der Waals surface area contributed by atoms with Gasteiger partial charge in [0.1, 0.15) is 6.61 Å². The van der Waals surface area contributed by atoms with Crippen LogP contribution in [-0.4, -0.2) is 19.3 Å². The molecule has 1 aliphatic rings. The van der Waals surface area contributed by atoms with Gasteiger partial charge >= 0.3 is 12.7 Å². The molecule has 0 heterocycles. The van der Waals surface area contributed by atoms with Crippen LogP contribution in [0.5, 0.6) is 11.5 Å². The van der Waals surface area contributed by atoms with Crippen molar-refractivity contribution in [3.8, 4) is 11.5 Å². The molecule has 1 aliphatic carbocycles. The highest BCUT2D eigenvalue weighted by Crippen LogP contribution is 2.35. The monoisotopic (exact) mass is 363 g/mol. The molecule has 0 bridgehead atoms. The Morgan fingerprint density at radius 1 is 1.12 bits per heavy atom. The Hall–Kier alpha value is -2.83. The van der Waals surface area contributed by atoms with Gasteiger partial charge in [-0.25, -0.2) is 4.79 Å². The van der Waals surface area contributed by atoms with Crippen LogP contribution in [0.25, 0.3) is 0 Å². The molecule has 2 aromatic carbocycles. The molecule has 1 amide bonds. The predicted molar refractivity (Wildman–Crippen MR) is 91.5 cm³/mol. The van der Waals surface area contributed by atoms with Crippen molar-refractivity contribution in [2.24, 2.45) is 5.92 Å². The Balaban J connectivity index is 1.60. The zero-order chi connectivity index (χ0) is 18.4. The third-order valence-corrected chi connectivity index (χ3v) is 3.79. The molecule has 0 radical (unpaired) electrons. The smallest absolute Gasteiger partial charge is 0.411 e. The summed E-state index contributed by atoms with van der Waals surface area (Å²) in [5.74, 6) is 0.545. The lowest BCUT2D eigenvalue weighted by atomic mass is 10.2. The maximum absolute atomic E-state index is 12.5. The van der Waals surface area contributed by atoms with Crippen molar-refractivity contribution in [3.05, 3.63) is 54.1 Å². The Morgan fingerprint density at radius 3 is 2.58 bits per heavy atom. The number of hydrogen-bond donors (Lipinski definition) is 1. The summed E-state index contributed by atoms with van der Waals surface area (Å²) in [7, 11) is 0. The Labute approximate surface area is 149 Å². The Kier molecular flexibility index (Phi) is 5.88. The second-order valence-corrected chi connectivity index (χ2v) is 5.98. The van der Waals surface area contributed by atoms with Crippen LogP contribution in [0.4, 0.5) is 19.3 Å². The van der Waals surface area contributed by atoms with Crippen molar-refractivity contribution in [2.45, 2.75) is 26.1 Å². The third-order valence-electron chi connectivity index (χ3n) is 3.79. The highest BCUT2D eigenvalue weighted by molar-refractivity contribution is 5.85. The molecule has 2 aromatic rings. The summed E-state index contributed by atoms with van der Waals surface area (Å²) in [6.45, 7) is -2.39. The molecular formula is C19H19F2NO4. The fourth-order valence-corrected chi connectivity index (χ4v) is 2.26. The number of anilines is 1. The first-order chi connectivity index (χ1) is 12.6. The third kappa shape index (κ3) is 5.61. The number of benzene rings is 2. The lowest BCUT2D eigenvalue weighted by Crippen LogP contribution is -2.14. The average Bonchev–Trinajstić information content (AvgIpc) is 3.45. The van der Waals surface area contributed by atoms with E-state index in [4.69, 9.17) is 9.47 Å². The number of nitrogens with one attached hydrogen (secondary N) is 1. The van der Waals surface area contributed by atoms with Gasteiger partial charge in [-0.2, -0.15) is 8.78 Å². The molecule has 0 aromatic heterocycles.